The van der Waals surface area contributed by atoms with Gasteiger partial charge in [-0.25, -0.2) is 4.98 Å². The molecule has 138 valence electrons. The Morgan fingerprint density at radius 3 is 2.69 bits per heavy atom. The molecule has 0 saturated heterocycles. The number of carbonyl (C=O) groups is 1. The second-order valence-electron chi connectivity index (χ2n) is 5.96. The zero-order valence-corrected chi connectivity index (χ0v) is 15.3. The first-order valence-electron chi connectivity index (χ1n) is 7.79. The Hall–Kier alpha value is -2.16. The van der Waals surface area contributed by atoms with Gasteiger partial charge in [0.15, 0.2) is 0 Å². The highest BCUT2D eigenvalue weighted by Gasteiger charge is 2.46. The van der Waals surface area contributed by atoms with Crippen LogP contribution in [-0.2, 0) is 22.3 Å². The minimum atomic E-state index is -4.39. The number of hydrogen-bond donors (Lipinski definition) is 1. The molecule has 1 aliphatic rings. The molecule has 1 saturated carbocycles. The summed E-state index contributed by atoms with van der Waals surface area (Å²) in [5.74, 6) is 0.138. The first kappa shape index (κ1) is 18.6. The van der Waals surface area contributed by atoms with E-state index in [4.69, 9.17) is 4.74 Å². The van der Waals surface area contributed by atoms with Crippen molar-refractivity contribution < 1.29 is 22.7 Å². The number of benzene rings is 1. The summed E-state index contributed by atoms with van der Waals surface area (Å²) in [6, 6.07) is 3.87. The number of carbonyl (C=O) groups excluding carboxylic acids is 1. The number of aromatic nitrogens is 2. The lowest BCUT2D eigenvalue weighted by Gasteiger charge is -2.11. The van der Waals surface area contributed by atoms with Gasteiger partial charge in [0.2, 0.25) is 0 Å². The zero-order valence-electron chi connectivity index (χ0n) is 13.7. The summed E-state index contributed by atoms with van der Waals surface area (Å²) in [4.78, 5) is 20.0. The van der Waals surface area contributed by atoms with Gasteiger partial charge in [0.1, 0.15) is 5.82 Å². The summed E-state index contributed by atoms with van der Waals surface area (Å²) in [5, 5.41) is 3.01. The number of nitrogens with zero attached hydrogens (tertiary/aromatic N) is 2. The van der Waals surface area contributed by atoms with Gasteiger partial charge in [-0.1, -0.05) is 22.0 Å². The third kappa shape index (κ3) is 4.14. The van der Waals surface area contributed by atoms with E-state index < -0.39 is 11.7 Å². The Balaban J connectivity index is 1.59. The normalized spacial score (nSPS) is 19.1. The van der Waals surface area contributed by atoms with Gasteiger partial charge >= 0.3 is 12.1 Å². The van der Waals surface area contributed by atoms with E-state index >= 15 is 0 Å². The summed E-state index contributed by atoms with van der Waals surface area (Å²) in [6.07, 6.45) is -0.551. The van der Waals surface area contributed by atoms with Crippen LogP contribution in [-0.4, -0.2) is 23.0 Å². The highest BCUT2D eigenvalue weighted by molar-refractivity contribution is 9.10. The monoisotopic (exact) mass is 429 g/mol. The van der Waals surface area contributed by atoms with E-state index in [1.165, 1.54) is 19.2 Å². The molecule has 1 N–H and O–H groups in total. The quantitative estimate of drug-likeness (QED) is 0.723. The van der Waals surface area contributed by atoms with Gasteiger partial charge in [-0.3, -0.25) is 9.78 Å². The van der Waals surface area contributed by atoms with Crippen molar-refractivity contribution in [1.29, 1.82) is 0 Å². The largest absolute Gasteiger partial charge is 0.469 e. The number of nitrogens with one attached hydrogen (secondary N) is 1. The van der Waals surface area contributed by atoms with Crippen molar-refractivity contribution in [3.63, 3.8) is 0 Å². The summed E-state index contributed by atoms with van der Waals surface area (Å²) < 4.78 is 42.9. The standard InChI is InChI=1S/C17H15BrF3N3O2/c1-26-16(25)11-5-10(11)14-7-24-15(8-22-14)23-6-9-2-3-12(13(18)4-9)17(19,20)21/h2-4,7-8,10-11H,5-6H2,1H3,(H,23,24)/t10-,11-/m1/s1. The van der Waals surface area contributed by atoms with E-state index in [1.54, 1.807) is 12.4 Å². The number of rotatable bonds is 5. The van der Waals surface area contributed by atoms with Crippen molar-refractivity contribution in [1.82, 2.24) is 9.97 Å². The van der Waals surface area contributed by atoms with Gasteiger partial charge in [0.05, 0.1) is 36.7 Å². The van der Waals surface area contributed by atoms with Crippen LogP contribution in [0.3, 0.4) is 0 Å². The van der Waals surface area contributed by atoms with Crippen molar-refractivity contribution in [2.45, 2.75) is 25.1 Å². The fourth-order valence-corrected chi connectivity index (χ4v) is 3.30. The Morgan fingerprint density at radius 1 is 1.35 bits per heavy atom. The lowest BCUT2D eigenvalue weighted by atomic mass is 10.1. The minimum Gasteiger partial charge on any atom is -0.469 e. The molecule has 1 aromatic carbocycles. The van der Waals surface area contributed by atoms with Crippen LogP contribution >= 0.6 is 15.9 Å². The van der Waals surface area contributed by atoms with Gasteiger partial charge in [-0.05, 0) is 24.1 Å². The van der Waals surface area contributed by atoms with Crippen LogP contribution in [0.25, 0.3) is 0 Å². The maximum atomic E-state index is 12.7. The Morgan fingerprint density at radius 2 is 2.12 bits per heavy atom. The predicted molar refractivity (Wildman–Crippen MR) is 91.4 cm³/mol. The summed E-state index contributed by atoms with van der Waals surface area (Å²) in [5.41, 5.74) is 0.682. The third-order valence-corrected chi connectivity index (χ3v) is 4.81. The first-order chi connectivity index (χ1) is 12.3. The van der Waals surface area contributed by atoms with Crippen LogP contribution < -0.4 is 5.32 Å². The number of anilines is 1. The van der Waals surface area contributed by atoms with E-state index in [-0.39, 0.29) is 22.3 Å². The molecule has 2 aromatic rings. The molecule has 26 heavy (non-hydrogen) atoms. The Labute approximate surface area is 156 Å². The van der Waals surface area contributed by atoms with E-state index in [0.29, 0.717) is 24.3 Å². The van der Waals surface area contributed by atoms with Gasteiger partial charge in [-0.2, -0.15) is 13.2 Å². The van der Waals surface area contributed by atoms with Gasteiger partial charge in [0.25, 0.3) is 0 Å². The van der Waals surface area contributed by atoms with Gasteiger partial charge < -0.3 is 10.1 Å². The molecule has 2 atom stereocenters. The van der Waals surface area contributed by atoms with Crippen molar-refractivity contribution in [2.24, 2.45) is 5.92 Å². The maximum Gasteiger partial charge on any atom is 0.417 e. The molecule has 3 rings (SSSR count). The smallest absolute Gasteiger partial charge is 0.417 e. The molecule has 0 radical (unpaired) electrons. The van der Waals surface area contributed by atoms with Crippen LogP contribution in [0.2, 0.25) is 0 Å². The lowest BCUT2D eigenvalue weighted by molar-refractivity contribution is -0.142. The predicted octanol–water partition coefficient (Wildman–Crippen LogP) is 4.15. The average molecular weight is 430 g/mol. The number of halogens is 4. The van der Waals surface area contributed by atoms with Crippen molar-refractivity contribution in [3.05, 3.63) is 51.9 Å². The minimum absolute atomic E-state index is 0.00619. The molecule has 5 nitrogen and oxygen atoms in total. The fourth-order valence-electron chi connectivity index (χ4n) is 2.65. The van der Waals surface area contributed by atoms with Crippen molar-refractivity contribution in [3.8, 4) is 0 Å². The summed E-state index contributed by atoms with van der Waals surface area (Å²) in [6.45, 7) is 0.305. The Bertz CT molecular complexity index is 812. The molecule has 1 aliphatic carbocycles. The molecule has 0 amide bonds. The van der Waals surface area contributed by atoms with Crippen LogP contribution in [0.5, 0.6) is 0 Å². The number of alkyl halides is 3. The third-order valence-electron chi connectivity index (χ3n) is 4.16. The number of hydrogen-bond acceptors (Lipinski definition) is 5. The highest BCUT2D eigenvalue weighted by atomic mass is 79.9. The number of ether oxygens (including phenoxy) is 1. The maximum absolute atomic E-state index is 12.7. The molecule has 0 unspecified atom stereocenters. The van der Waals surface area contributed by atoms with Crippen LogP contribution in [0.4, 0.5) is 19.0 Å². The van der Waals surface area contributed by atoms with E-state index in [2.05, 4.69) is 31.2 Å². The SMILES string of the molecule is COC(=O)[C@@H]1C[C@H]1c1cnc(NCc2ccc(C(F)(F)F)c(Br)c2)cn1. The molecular weight excluding hydrogens is 415 g/mol. The zero-order chi connectivity index (χ0) is 18.9. The average Bonchev–Trinajstić information content (AvgIpc) is 3.39. The molecule has 1 aromatic heterocycles. The van der Waals surface area contributed by atoms with Crippen LogP contribution in [0, 0.1) is 5.92 Å². The molecule has 9 heteroatoms. The number of esters is 1. The van der Waals surface area contributed by atoms with Crippen molar-refractivity contribution >= 4 is 27.7 Å². The lowest BCUT2D eigenvalue weighted by Crippen LogP contribution is -2.08. The van der Waals surface area contributed by atoms with Crippen LogP contribution in [0.15, 0.2) is 35.1 Å². The second kappa shape index (κ2) is 7.22. The summed E-state index contributed by atoms with van der Waals surface area (Å²) in [7, 11) is 1.36. The van der Waals surface area contributed by atoms with E-state index in [0.717, 1.165) is 11.8 Å². The highest BCUT2D eigenvalue weighted by Crippen LogP contribution is 2.47. The molecule has 1 fully saturated rings. The van der Waals surface area contributed by atoms with Gasteiger partial charge in [0, 0.05) is 16.9 Å². The molecule has 0 bridgehead atoms. The molecular formula is C17H15BrF3N3O2. The van der Waals surface area contributed by atoms with Crippen molar-refractivity contribution in [2.75, 3.05) is 12.4 Å². The second-order valence-corrected chi connectivity index (χ2v) is 6.82. The Kier molecular flexibility index (Phi) is 5.17. The van der Waals surface area contributed by atoms with E-state index in [9.17, 15) is 18.0 Å². The van der Waals surface area contributed by atoms with E-state index in [1.807, 2.05) is 0 Å². The molecule has 0 aliphatic heterocycles. The van der Waals surface area contributed by atoms with Gasteiger partial charge in [-0.15, -0.1) is 0 Å². The first-order valence-corrected chi connectivity index (χ1v) is 8.58. The molecule has 0 spiro atoms. The number of methoxy groups -OCH3 is 1. The topological polar surface area (TPSA) is 64.1 Å². The summed E-state index contributed by atoms with van der Waals surface area (Å²) >= 11 is 2.95. The molecule has 1 heterocycles. The van der Waals surface area contributed by atoms with Crippen LogP contribution in [0.1, 0.15) is 29.2 Å². The fraction of sp³-hybridized carbons (Fsp3) is 0.353.